The zero-order valence-corrected chi connectivity index (χ0v) is 27.2. The van der Waals surface area contributed by atoms with Gasteiger partial charge in [-0.1, -0.05) is 26.2 Å². The maximum absolute atomic E-state index is 14.3. The molecule has 10 heteroatoms. The van der Waals surface area contributed by atoms with E-state index in [1.54, 1.807) is 66.5 Å². The van der Waals surface area contributed by atoms with Gasteiger partial charge in [-0.25, -0.2) is 0 Å². The number of likely N-dealkylation sites (N-methyl/N-ethyl adjacent to an activating group) is 1. The molecule has 1 aromatic carbocycles. The number of carbonyl (C=O) groups is 3. The maximum atomic E-state index is 14.3. The molecule has 1 aliphatic carbocycles. The van der Waals surface area contributed by atoms with Gasteiger partial charge in [0, 0.05) is 62.2 Å². The summed E-state index contributed by atoms with van der Waals surface area (Å²) in [6, 6.07) is 8.15. The number of benzene rings is 1. The van der Waals surface area contributed by atoms with Crippen LogP contribution >= 0.6 is 0 Å². The monoisotopic (exact) mass is 622 g/mol. The molecule has 3 amide bonds. The molecule has 0 saturated heterocycles. The second kappa shape index (κ2) is 16.7. The van der Waals surface area contributed by atoms with Crippen LogP contribution in [0.4, 0.5) is 5.69 Å². The Morgan fingerprint density at radius 1 is 1.07 bits per heavy atom. The number of nitrogens with zero attached hydrogens (tertiary/aromatic N) is 3. The smallest absolute Gasteiger partial charge is 0.258 e. The van der Waals surface area contributed by atoms with Crippen molar-refractivity contribution in [3.63, 3.8) is 0 Å². The van der Waals surface area contributed by atoms with E-state index in [2.05, 4.69) is 10.3 Å². The van der Waals surface area contributed by atoms with Crippen molar-refractivity contribution in [2.24, 2.45) is 11.8 Å². The van der Waals surface area contributed by atoms with Gasteiger partial charge in [0.2, 0.25) is 5.91 Å². The Morgan fingerprint density at radius 2 is 1.78 bits per heavy atom. The summed E-state index contributed by atoms with van der Waals surface area (Å²) >= 11 is 0. The molecule has 0 bridgehead atoms. The molecule has 1 saturated carbocycles. The third-order valence-corrected chi connectivity index (χ3v) is 9.02. The van der Waals surface area contributed by atoms with E-state index in [4.69, 9.17) is 9.47 Å². The summed E-state index contributed by atoms with van der Waals surface area (Å²) in [5, 5.41) is 13.3. The van der Waals surface area contributed by atoms with Gasteiger partial charge in [0.05, 0.1) is 30.4 Å². The Kier molecular flexibility index (Phi) is 12.8. The molecule has 0 unspecified atom stereocenters. The summed E-state index contributed by atoms with van der Waals surface area (Å²) in [7, 11) is 1.75. The summed E-state index contributed by atoms with van der Waals surface area (Å²) < 4.78 is 12.7. The highest BCUT2D eigenvalue weighted by Crippen LogP contribution is 2.30. The third-order valence-electron chi connectivity index (χ3n) is 9.02. The molecule has 10 nitrogen and oxygen atoms in total. The van der Waals surface area contributed by atoms with Gasteiger partial charge in [-0.2, -0.15) is 0 Å². The number of anilines is 1. The van der Waals surface area contributed by atoms with Crippen molar-refractivity contribution >= 4 is 23.4 Å². The number of nitrogens with one attached hydrogen (secondary N) is 1. The van der Waals surface area contributed by atoms with E-state index in [9.17, 15) is 19.5 Å². The van der Waals surface area contributed by atoms with Crippen molar-refractivity contribution in [1.82, 2.24) is 14.8 Å². The van der Waals surface area contributed by atoms with E-state index < -0.39 is 6.04 Å². The molecule has 1 fully saturated rings. The molecular formula is C35H50N4O6. The number of amides is 3. The van der Waals surface area contributed by atoms with E-state index in [-0.39, 0.29) is 54.9 Å². The van der Waals surface area contributed by atoms with Crippen LogP contribution in [0.5, 0.6) is 5.75 Å². The minimum Gasteiger partial charge on any atom is -0.490 e. The number of carbonyl (C=O) groups excluding carboxylic acids is 3. The first-order chi connectivity index (χ1) is 21.7. The van der Waals surface area contributed by atoms with Crippen LogP contribution in [0.15, 0.2) is 42.7 Å². The zero-order valence-electron chi connectivity index (χ0n) is 27.2. The van der Waals surface area contributed by atoms with Gasteiger partial charge in [0.25, 0.3) is 11.8 Å². The highest BCUT2D eigenvalue weighted by atomic mass is 16.5. The number of fused-ring (bicyclic) bond motifs is 1. The van der Waals surface area contributed by atoms with Gasteiger partial charge in [0.15, 0.2) is 0 Å². The Labute approximate surface area is 267 Å². The first kappa shape index (κ1) is 34.4. The maximum Gasteiger partial charge on any atom is 0.258 e. The highest BCUT2D eigenvalue weighted by Gasteiger charge is 2.31. The van der Waals surface area contributed by atoms with Crippen LogP contribution < -0.4 is 10.1 Å². The van der Waals surface area contributed by atoms with Crippen LogP contribution in [0.25, 0.3) is 0 Å². The van der Waals surface area contributed by atoms with Gasteiger partial charge in [-0.05, 0) is 76.3 Å². The number of aliphatic hydroxyl groups excluding tert-OH is 1. The standard InChI is InChI=1S/C35H50N4O6/c1-24-21-39(25(2)23-40)35(43)30-20-29(37-33(41)27-11-6-5-7-12-27)13-14-31(30)45-26(3)10-8-9-19-44-32(24)22-38(4)34(42)28-15-17-36-18-16-28/h13-18,20,24-27,32,40H,5-12,19,21-23H2,1-4H3,(H,37,41)/t24-,25+,26+,32-/m0/s1. The molecule has 4 atom stereocenters. The van der Waals surface area contributed by atoms with Crippen molar-refractivity contribution in [2.45, 2.75) is 90.4 Å². The van der Waals surface area contributed by atoms with E-state index >= 15 is 0 Å². The minimum absolute atomic E-state index is 0.0168. The molecular weight excluding hydrogens is 572 g/mol. The highest BCUT2D eigenvalue weighted by molar-refractivity contribution is 6.00. The van der Waals surface area contributed by atoms with Crippen molar-refractivity contribution < 1.29 is 29.0 Å². The lowest BCUT2D eigenvalue weighted by molar-refractivity contribution is -0.120. The number of hydrogen-bond acceptors (Lipinski definition) is 7. The Balaban J connectivity index is 1.61. The molecule has 2 N–H and O–H groups in total. The molecule has 1 aromatic heterocycles. The lowest BCUT2D eigenvalue weighted by Gasteiger charge is -2.36. The Morgan fingerprint density at radius 3 is 2.49 bits per heavy atom. The number of rotatable bonds is 7. The van der Waals surface area contributed by atoms with Crippen LogP contribution in [0.3, 0.4) is 0 Å². The molecule has 45 heavy (non-hydrogen) atoms. The van der Waals surface area contributed by atoms with E-state index in [0.29, 0.717) is 35.7 Å². The van der Waals surface area contributed by atoms with E-state index in [0.717, 1.165) is 51.4 Å². The minimum atomic E-state index is -0.490. The van der Waals surface area contributed by atoms with Gasteiger partial charge in [0.1, 0.15) is 5.75 Å². The second-order valence-electron chi connectivity index (χ2n) is 12.8. The topological polar surface area (TPSA) is 121 Å². The molecule has 0 radical (unpaired) electrons. The van der Waals surface area contributed by atoms with Gasteiger partial charge < -0.3 is 29.7 Å². The number of aromatic nitrogens is 1. The van der Waals surface area contributed by atoms with Crippen LogP contribution in [0, 0.1) is 11.8 Å². The fourth-order valence-corrected chi connectivity index (χ4v) is 6.14. The summed E-state index contributed by atoms with van der Waals surface area (Å²) in [6.07, 6.45) is 10.2. The molecule has 246 valence electrons. The van der Waals surface area contributed by atoms with Crippen LogP contribution in [-0.2, 0) is 9.53 Å². The molecule has 4 rings (SSSR count). The van der Waals surface area contributed by atoms with Gasteiger partial charge in [-0.3, -0.25) is 19.4 Å². The van der Waals surface area contributed by atoms with E-state index in [1.807, 2.05) is 13.8 Å². The fraction of sp³-hybridized carbons (Fsp3) is 0.600. The van der Waals surface area contributed by atoms with Crippen molar-refractivity contribution in [3.8, 4) is 5.75 Å². The average molecular weight is 623 g/mol. The Bertz CT molecular complexity index is 1270. The summed E-state index contributed by atoms with van der Waals surface area (Å²) in [6.45, 7) is 6.71. The normalized spacial score (nSPS) is 22.8. The molecule has 0 spiro atoms. The van der Waals surface area contributed by atoms with Crippen molar-refractivity contribution in [2.75, 3.05) is 38.7 Å². The number of pyridine rings is 1. The number of aliphatic hydroxyl groups is 1. The number of ether oxygens (including phenoxy) is 2. The zero-order chi connectivity index (χ0) is 32.3. The van der Waals surface area contributed by atoms with Crippen LogP contribution in [0.1, 0.15) is 92.9 Å². The number of hydrogen-bond donors (Lipinski definition) is 2. The quantitative estimate of drug-likeness (QED) is 0.437. The third kappa shape index (κ3) is 9.50. The van der Waals surface area contributed by atoms with Crippen molar-refractivity contribution in [1.29, 1.82) is 0 Å². The second-order valence-corrected chi connectivity index (χ2v) is 12.8. The Hall–Kier alpha value is -3.50. The fourth-order valence-electron chi connectivity index (χ4n) is 6.14. The molecule has 1 aliphatic heterocycles. The SMILES string of the molecule is C[C@@H]1CCCCO[C@@H](CN(C)C(=O)c2ccncc2)[C@@H](C)CN([C@H](C)CO)C(=O)c2cc(NC(=O)C3CCCCC3)ccc2O1. The summed E-state index contributed by atoms with van der Waals surface area (Å²) in [4.78, 5) is 47.8. The first-order valence-corrected chi connectivity index (χ1v) is 16.5. The summed E-state index contributed by atoms with van der Waals surface area (Å²) in [5.74, 6) is -0.179. The average Bonchev–Trinajstić information content (AvgIpc) is 3.06. The van der Waals surface area contributed by atoms with Gasteiger partial charge >= 0.3 is 0 Å². The predicted octanol–water partition coefficient (Wildman–Crippen LogP) is 5.17. The van der Waals surface area contributed by atoms with Crippen molar-refractivity contribution in [3.05, 3.63) is 53.9 Å². The largest absolute Gasteiger partial charge is 0.490 e. The van der Waals surface area contributed by atoms with E-state index in [1.165, 1.54) is 0 Å². The predicted molar refractivity (Wildman–Crippen MR) is 173 cm³/mol. The summed E-state index contributed by atoms with van der Waals surface area (Å²) in [5.41, 5.74) is 1.44. The molecule has 2 heterocycles. The van der Waals surface area contributed by atoms with Crippen LogP contribution in [0.2, 0.25) is 0 Å². The molecule has 2 aromatic rings. The van der Waals surface area contributed by atoms with Gasteiger partial charge in [-0.15, -0.1) is 0 Å². The molecule has 2 aliphatic rings. The lowest BCUT2D eigenvalue weighted by atomic mass is 9.88. The van der Waals surface area contributed by atoms with Crippen LogP contribution in [-0.4, -0.2) is 89.2 Å². The first-order valence-electron chi connectivity index (χ1n) is 16.5. The lowest BCUT2D eigenvalue weighted by Crippen LogP contribution is -2.48.